The number of hydrogen-bond acceptors (Lipinski definition) is 2. The van der Waals surface area contributed by atoms with Crippen molar-refractivity contribution in [1.29, 1.82) is 0 Å². The molecule has 0 radical (unpaired) electrons. The molecule has 1 saturated heterocycles. The third kappa shape index (κ3) is 2.63. The van der Waals surface area contributed by atoms with Crippen molar-refractivity contribution < 1.29 is 19.1 Å². The van der Waals surface area contributed by atoms with Gasteiger partial charge in [-0.05, 0) is 28.1 Å². The number of hydrogen-bond donors (Lipinski definition) is 1. The molecule has 102 valence electrons. The standard InChI is InChI=1S/C13H13BrFNO3/c1-7(13(18)19)8-5-16(6-8)12(17)11-9(14)3-2-4-10(11)15/h2-4,7-8H,5-6H2,1H3,(H,18,19). The topological polar surface area (TPSA) is 57.6 Å². The molecule has 1 amide bonds. The summed E-state index contributed by atoms with van der Waals surface area (Å²) in [6.07, 6.45) is 0. The van der Waals surface area contributed by atoms with E-state index in [4.69, 9.17) is 5.11 Å². The lowest BCUT2D eigenvalue weighted by atomic mass is 9.86. The Hall–Kier alpha value is -1.43. The second-order valence-corrected chi connectivity index (χ2v) is 5.55. The maximum atomic E-state index is 13.6. The predicted octanol–water partition coefficient (Wildman–Crippen LogP) is 2.38. The molecular weight excluding hydrogens is 317 g/mol. The number of nitrogens with zero attached hydrogens (tertiary/aromatic N) is 1. The third-order valence-corrected chi connectivity index (χ3v) is 4.13. The molecule has 0 bridgehead atoms. The Morgan fingerprint density at radius 3 is 2.63 bits per heavy atom. The maximum Gasteiger partial charge on any atom is 0.306 e. The van der Waals surface area contributed by atoms with Gasteiger partial charge in [0.25, 0.3) is 5.91 Å². The third-order valence-electron chi connectivity index (χ3n) is 3.47. The highest BCUT2D eigenvalue weighted by Gasteiger charge is 2.38. The molecule has 2 rings (SSSR count). The largest absolute Gasteiger partial charge is 0.481 e. The number of halogens is 2. The van der Waals surface area contributed by atoms with E-state index in [0.717, 1.165) is 0 Å². The van der Waals surface area contributed by atoms with E-state index in [2.05, 4.69) is 15.9 Å². The summed E-state index contributed by atoms with van der Waals surface area (Å²) in [5, 5.41) is 8.88. The van der Waals surface area contributed by atoms with Crippen LogP contribution in [0.25, 0.3) is 0 Å². The second kappa shape index (κ2) is 5.28. The highest BCUT2D eigenvalue weighted by atomic mass is 79.9. The van der Waals surface area contributed by atoms with E-state index in [9.17, 15) is 14.0 Å². The lowest BCUT2D eigenvalue weighted by Gasteiger charge is -2.41. The van der Waals surface area contributed by atoms with Crippen molar-refractivity contribution in [2.75, 3.05) is 13.1 Å². The summed E-state index contributed by atoms with van der Waals surface area (Å²) in [5.41, 5.74) is 0.00364. The van der Waals surface area contributed by atoms with Gasteiger partial charge in [0.05, 0.1) is 11.5 Å². The van der Waals surface area contributed by atoms with Crippen molar-refractivity contribution in [3.05, 3.63) is 34.1 Å². The van der Waals surface area contributed by atoms with Crippen LogP contribution in [0.15, 0.2) is 22.7 Å². The van der Waals surface area contributed by atoms with Crippen LogP contribution in [0.2, 0.25) is 0 Å². The van der Waals surface area contributed by atoms with Gasteiger partial charge in [0.15, 0.2) is 0 Å². The van der Waals surface area contributed by atoms with E-state index < -0.39 is 23.6 Å². The number of carbonyl (C=O) groups excluding carboxylic acids is 1. The fraction of sp³-hybridized carbons (Fsp3) is 0.385. The van der Waals surface area contributed by atoms with Crippen LogP contribution in [0.3, 0.4) is 0 Å². The molecule has 0 saturated carbocycles. The molecule has 1 aromatic rings. The Bertz CT molecular complexity index is 508. The van der Waals surface area contributed by atoms with Gasteiger partial charge in [-0.25, -0.2) is 4.39 Å². The van der Waals surface area contributed by atoms with Crippen LogP contribution in [-0.4, -0.2) is 35.0 Å². The van der Waals surface area contributed by atoms with Crippen LogP contribution < -0.4 is 0 Å². The molecule has 1 atom stereocenters. The first-order valence-corrected chi connectivity index (χ1v) is 6.67. The molecule has 1 aliphatic rings. The average molecular weight is 330 g/mol. The maximum absolute atomic E-state index is 13.6. The van der Waals surface area contributed by atoms with Crippen LogP contribution >= 0.6 is 15.9 Å². The lowest BCUT2D eigenvalue weighted by Crippen LogP contribution is -2.53. The van der Waals surface area contributed by atoms with E-state index in [1.807, 2.05) is 0 Å². The molecule has 1 aromatic carbocycles. The van der Waals surface area contributed by atoms with E-state index in [1.54, 1.807) is 13.0 Å². The molecule has 1 heterocycles. The van der Waals surface area contributed by atoms with Gasteiger partial charge in [0.1, 0.15) is 5.82 Å². The number of aliphatic carboxylic acids is 1. The molecule has 1 aliphatic heterocycles. The summed E-state index contributed by atoms with van der Waals surface area (Å²) in [7, 11) is 0. The minimum Gasteiger partial charge on any atom is -0.481 e. The summed E-state index contributed by atoms with van der Waals surface area (Å²) in [6, 6.07) is 4.35. The summed E-state index contributed by atoms with van der Waals surface area (Å²) < 4.78 is 14.0. The zero-order chi connectivity index (χ0) is 14.2. The number of amides is 1. The summed E-state index contributed by atoms with van der Waals surface area (Å²) in [4.78, 5) is 24.4. The van der Waals surface area contributed by atoms with Crippen molar-refractivity contribution in [2.45, 2.75) is 6.92 Å². The van der Waals surface area contributed by atoms with Crippen molar-refractivity contribution >= 4 is 27.8 Å². The molecule has 0 spiro atoms. The predicted molar refractivity (Wildman–Crippen MR) is 70.3 cm³/mol. The van der Waals surface area contributed by atoms with Gasteiger partial charge < -0.3 is 10.0 Å². The van der Waals surface area contributed by atoms with Crippen molar-refractivity contribution in [3.63, 3.8) is 0 Å². The summed E-state index contributed by atoms with van der Waals surface area (Å²) >= 11 is 3.15. The molecule has 0 aromatic heterocycles. The Labute approximate surface area is 118 Å². The Morgan fingerprint density at radius 2 is 2.11 bits per heavy atom. The van der Waals surface area contributed by atoms with Crippen LogP contribution in [0.1, 0.15) is 17.3 Å². The van der Waals surface area contributed by atoms with Gasteiger partial charge in [-0.2, -0.15) is 0 Å². The highest BCUT2D eigenvalue weighted by Crippen LogP contribution is 2.28. The quantitative estimate of drug-likeness (QED) is 0.926. The molecule has 1 N–H and O–H groups in total. The summed E-state index contributed by atoms with van der Waals surface area (Å²) in [6.45, 7) is 2.33. The number of carboxylic acids is 1. The summed E-state index contributed by atoms with van der Waals surface area (Å²) in [5.74, 6) is -2.41. The molecule has 19 heavy (non-hydrogen) atoms. The number of rotatable bonds is 3. The van der Waals surface area contributed by atoms with Crippen LogP contribution in [-0.2, 0) is 4.79 Å². The molecular formula is C13H13BrFNO3. The Balaban J connectivity index is 2.06. The minimum atomic E-state index is -0.871. The number of carboxylic acid groups (broad SMARTS) is 1. The highest BCUT2D eigenvalue weighted by molar-refractivity contribution is 9.10. The van der Waals surface area contributed by atoms with E-state index in [0.29, 0.717) is 17.6 Å². The van der Waals surface area contributed by atoms with E-state index >= 15 is 0 Å². The SMILES string of the molecule is CC(C(=O)O)C1CN(C(=O)c2c(F)cccc2Br)C1. The second-order valence-electron chi connectivity index (χ2n) is 4.69. The van der Waals surface area contributed by atoms with Crippen LogP contribution in [0.5, 0.6) is 0 Å². The molecule has 4 nitrogen and oxygen atoms in total. The zero-order valence-corrected chi connectivity index (χ0v) is 11.9. The van der Waals surface area contributed by atoms with Crippen molar-refractivity contribution in [3.8, 4) is 0 Å². The van der Waals surface area contributed by atoms with Gasteiger partial charge in [0.2, 0.25) is 0 Å². The first-order valence-electron chi connectivity index (χ1n) is 5.88. The molecule has 6 heteroatoms. The fourth-order valence-corrected chi connectivity index (χ4v) is 2.57. The van der Waals surface area contributed by atoms with Gasteiger partial charge in [0, 0.05) is 23.5 Å². The van der Waals surface area contributed by atoms with Crippen LogP contribution in [0.4, 0.5) is 4.39 Å². The molecule has 0 aliphatic carbocycles. The Morgan fingerprint density at radius 1 is 1.47 bits per heavy atom. The van der Waals surface area contributed by atoms with Crippen molar-refractivity contribution in [2.24, 2.45) is 11.8 Å². The van der Waals surface area contributed by atoms with Gasteiger partial charge in [-0.1, -0.05) is 13.0 Å². The van der Waals surface area contributed by atoms with E-state index in [1.165, 1.54) is 17.0 Å². The molecule has 1 fully saturated rings. The normalized spacial score (nSPS) is 16.9. The molecule has 1 unspecified atom stereocenters. The fourth-order valence-electron chi connectivity index (χ4n) is 2.06. The van der Waals surface area contributed by atoms with Crippen molar-refractivity contribution in [1.82, 2.24) is 4.90 Å². The minimum absolute atomic E-state index is 0.00364. The van der Waals surface area contributed by atoms with Gasteiger partial charge in [-0.3, -0.25) is 9.59 Å². The van der Waals surface area contributed by atoms with Gasteiger partial charge >= 0.3 is 5.97 Å². The lowest BCUT2D eigenvalue weighted by molar-refractivity contribution is -0.144. The van der Waals surface area contributed by atoms with E-state index in [-0.39, 0.29) is 11.5 Å². The number of carbonyl (C=O) groups is 2. The zero-order valence-electron chi connectivity index (χ0n) is 10.3. The van der Waals surface area contributed by atoms with Gasteiger partial charge in [-0.15, -0.1) is 0 Å². The monoisotopic (exact) mass is 329 g/mol. The smallest absolute Gasteiger partial charge is 0.306 e. The first-order chi connectivity index (χ1) is 8.91. The number of likely N-dealkylation sites (tertiary alicyclic amines) is 1. The van der Waals surface area contributed by atoms with Crippen LogP contribution in [0, 0.1) is 17.7 Å². The first kappa shape index (κ1) is 14.0. The average Bonchev–Trinajstić information content (AvgIpc) is 2.26. The Kier molecular flexibility index (Phi) is 3.89. The number of benzene rings is 1.